The van der Waals surface area contributed by atoms with Gasteiger partial charge in [-0.2, -0.15) is 0 Å². The Bertz CT molecular complexity index is 794. The smallest absolute Gasteiger partial charge is 0.250 e. The minimum Gasteiger partial charge on any atom is -0.374 e. The third-order valence-electron chi connectivity index (χ3n) is 4.48. The van der Waals surface area contributed by atoms with Gasteiger partial charge < -0.3 is 4.90 Å². The molecule has 1 saturated carbocycles. The number of anilines is 2. The Morgan fingerprint density at radius 3 is 3.08 bits per heavy atom. The van der Waals surface area contributed by atoms with Crippen LogP contribution in [0.25, 0.3) is 6.08 Å². The normalized spacial score (nSPS) is 17.1. The van der Waals surface area contributed by atoms with E-state index in [-0.39, 0.29) is 5.91 Å². The molecule has 0 atom stereocenters. The Morgan fingerprint density at radius 2 is 2.25 bits per heavy atom. The van der Waals surface area contributed by atoms with Crippen LogP contribution in [-0.4, -0.2) is 29.7 Å². The molecule has 1 aromatic heterocycles. The molecule has 6 heteroatoms. The molecule has 0 bridgehead atoms. The number of amides is 1. The molecule has 2 aromatic rings. The Morgan fingerprint density at radius 1 is 1.38 bits per heavy atom. The fraction of sp³-hybridized carbons (Fsp3) is 0.389. The molecule has 24 heavy (non-hydrogen) atoms. The van der Waals surface area contributed by atoms with Crippen LogP contribution in [0.2, 0.25) is 0 Å². The van der Waals surface area contributed by atoms with Crippen LogP contribution in [0, 0.1) is 0 Å². The maximum atomic E-state index is 12.1. The molecule has 0 saturated heterocycles. The predicted octanol–water partition coefficient (Wildman–Crippen LogP) is 3.45. The number of nitrogens with one attached hydrogen (secondary N) is 1. The fourth-order valence-corrected chi connectivity index (χ4v) is 3.92. The molecule has 0 radical (unpaired) electrons. The van der Waals surface area contributed by atoms with Gasteiger partial charge in [0, 0.05) is 31.3 Å². The highest BCUT2D eigenvalue weighted by Gasteiger charge is 2.27. The van der Waals surface area contributed by atoms with Crippen molar-refractivity contribution in [2.75, 3.05) is 23.8 Å². The molecule has 5 nitrogen and oxygen atoms in total. The van der Waals surface area contributed by atoms with Gasteiger partial charge in [0.15, 0.2) is 0 Å². The molecule has 1 amide bonds. The van der Waals surface area contributed by atoms with Gasteiger partial charge in [-0.15, -0.1) is 10.2 Å². The Kier molecular flexibility index (Phi) is 4.06. The quantitative estimate of drug-likeness (QED) is 0.866. The lowest BCUT2D eigenvalue weighted by molar-refractivity contribution is -0.111. The third-order valence-corrected chi connectivity index (χ3v) is 5.48. The molecular formula is C18H20N4OS. The van der Waals surface area contributed by atoms with Crippen LogP contribution in [0.15, 0.2) is 24.3 Å². The van der Waals surface area contributed by atoms with Crippen LogP contribution < -0.4 is 10.2 Å². The van der Waals surface area contributed by atoms with E-state index in [0.717, 1.165) is 23.5 Å². The fourth-order valence-electron chi connectivity index (χ4n) is 3.01. The summed E-state index contributed by atoms with van der Waals surface area (Å²) in [5, 5.41) is 12.6. The summed E-state index contributed by atoms with van der Waals surface area (Å²) in [6.07, 6.45) is 8.07. The molecule has 1 aliphatic heterocycles. The predicted molar refractivity (Wildman–Crippen MR) is 97.6 cm³/mol. The zero-order valence-corrected chi connectivity index (χ0v) is 14.5. The van der Waals surface area contributed by atoms with Gasteiger partial charge in [-0.1, -0.05) is 17.4 Å². The van der Waals surface area contributed by atoms with Gasteiger partial charge in [0.25, 0.3) is 0 Å². The van der Waals surface area contributed by atoms with Gasteiger partial charge in [-0.05, 0) is 55.0 Å². The summed E-state index contributed by atoms with van der Waals surface area (Å²) >= 11 is 1.48. The van der Waals surface area contributed by atoms with Gasteiger partial charge in [0.05, 0.1) is 0 Å². The van der Waals surface area contributed by atoms with Crippen molar-refractivity contribution in [3.8, 4) is 0 Å². The summed E-state index contributed by atoms with van der Waals surface area (Å²) < 4.78 is 0. The summed E-state index contributed by atoms with van der Waals surface area (Å²) in [5.74, 6) is 0.403. The van der Waals surface area contributed by atoms with E-state index in [9.17, 15) is 4.79 Å². The number of nitrogens with zero attached hydrogens (tertiary/aromatic N) is 3. The SMILES string of the molecule is CN1CCCc2cc(/C=C/C(=O)Nc3nnc(C4CC4)s3)ccc21. The summed E-state index contributed by atoms with van der Waals surface area (Å²) in [6.45, 7) is 1.11. The number of rotatable bonds is 4. The summed E-state index contributed by atoms with van der Waals surface area (Å²) in [7, 11) is 2.12. The lowest BCUT2D eigenvalue weighted by atomic mass is 9.99. The van der Waals surface area contributed by atoms with E-state index < -0.39 is 0 Å². The first-order valence-corrected chi connectivity index (χ1v) is 9.17. The number of hydrogen-bond donors (Lipinski definition) is 1. The van der Waals surface area contributed by atoms with E-state index in [1.807, 2.05) is 6.08 Å². The van der Waals surface area contributed by atoms with Crippen molar-refractivity contribution in [1.82, 2.24) is 10.2 Å². The molecule has 4 rings (SSSR count). The standard InChI is InChI=1S/C18H20N4OS/c1-22-10-2-3-14-11-12(4-8-15(14)22)5-9-16(23)19-18-21-20-17(24-18)13-6-7-13/h4-5,8-9,11,13H,2-3,6-7,10H2,1H3,(H,19,21,23)/b9-5+. The average Bonchev–Trinajstić information content (AvgIpc) is 3.33. The lowest BCUT2D eigenvalue weighted by Crippen LogP contribution is -2.24. The van der Waals surface area contributed by atoms with Gasteiger partial charge in [-0.25, -0.2) is 0 Å². The second-order valence-electron chi connectivity index (χ2n) is 6.46. The van der Waals surface area contributed by atoms with Crippen molar-refractivity contribution in [3.63, 3.8) is 0 Å². The third kappa shape index (κ3) is 3.33. The van der Waals surface area contributed by atoms with Gasteiger partial charge >= 0.3 is 0 Å². The second kappa shape index (κ2) is 6.36. The minimum absolute atomic E-state index is 0.164. The maximum Gasteiger partial charge on any atom is 0.250 e. The van der Waals surface area contributed by atoms with Crippen LogP contribution in [0.5, 0.6) is 0 Å². The van der Waals surface area contributed by atoms with Crippen molar-refractivity contribution in [2.24, 2.45) is 0 Å². The summed E-state index contributed by atoms with van der Waals surface area (Å²) in [5.41, 5.74) is 3.70. The topological polar surface area (TPSA) is 58.1 Å². The molecule has 1 fully saturated rings. The van der Waals surface area contributed by atoms with E-state index >= 15 is 0 Å². The van der Waals surface area contributed by atoms with Crippen molar-refractivity contribution in [3.05, 3.63) is 40.4 Å². The zero-order chi connectivity index (χ0) is 16.5. The van der Waals surface area contributed by atoms with Crippen molar-refractivity contribution in [2.45, 2.75) is 31.6 Å². The Hall–Kier alpha value is -2.21. The molecule has 1 aliphatic carbocycles. The number of carbonyl (C=O) groups excluding carboxylic acids is 1. The number of benzene rings is 1. The first kappa shape index (κ1) is 15.3. The maximum absolute atomic E-state index is 12.1. The van der Waals surface area contributed by atoms with E-state index in [2.05, 4.69) is 45.7 Å². The molecule has 124 valence electrons. The Labute approximate surface area is 145 Å². The van der Waals surface area contributed by atoms with Gasteiger partial charge in [-0.3, -0.25) is 10.1 Å². The number of hydrogen-bond acceptors (Lipinski definition) is 5. The van der Waals surface area contributed by atoms with E-state index in [4.69, 9.17) is 0 Å². The van der Waals surface area contributed by atoms with Crippen LogP contribution >= 0.6 is 11.3 Å². The second-order valence-corrected chi connectivity index (χ2v) is 7.46. The van der Waals surface area contributed by atoms with Gasteiger partial charge in [0.1, 0.15) is 5.01 Å². The average molecular weight is 340 g/mol. The molecule has 1 N–H and O–H groups in total. The van der Waals surface area contributed by atoms with Crippen LogP contribution in [0.3, 0.4) is 0 Å². The molecule has 0 spiro atoms. The minimum atomic E-state index is -0.164. The van der Waals surface area contributed by atoms with Crippen LogP contribution in [0.1, 0.15) is 41.3 Å². The highest BCUT2D eigenvalue weighted by atomic mass is 32.1. The van der Waals surface area contributed by atoms with E-state index in [0.29, 0.717) is 11.0 Å². The zero-order valence-electron chi connectivity index (χ0n) is 13.7. The van der Waals surface area contributed by atoms with Crippen molar-refractivity contribution in [1.29, 1.82) is 0 Å². The first-order valence-electron chi connectivity index (χ1n) is 8.35. The summed E-state index contributed by atoms with van der Waals surface area (Å²) in [4.78, 5) is 14.3. The molecule has 0 unspecified atom stereocenters. The summed E-state index contributed by atoms with van der Waals surface area (Å²) in [6, 6.07) is 6.37. The monoisotopic (exact) mass is 340 g/mol. The number of aryl methyl sites for hydroxylation is 1. The van der Waals surface area contributed by atoms with E-state index in [1.54, 1.807) is 6.08 Å². The van der Waals surface area contributed by atoms with Crippen LogP contribution in [0.4, 0.5) is 10.8 Å². The highest BCUT2D eigenvalue weighted by Crippen LogP contribution is 2.42. The molecule has 2 aliphatic rings. The van der Waals surface area contributed by atoms with Crippen molar-refractivity contribution >= 4 is 34.1 Å². The van der Waals surface area contributed by atoms with Crippen molar-refractivity contribution < 1.29 is 4.79 Å². The number of fused-ring (bicyclic) bond motifs is 1. The Balaban J connectivity index is 1.41. The number of carbonyl (C=O) groups is 1. The van der Waals surface area contributed by atoms with E-state index in [1.165, 1.54) is 41.9 Å². The largest absolute Gasteiger partial charge is 0.374 e. The molecular weight excluding hydrogens is 320 g/mol. The molecule has 2 heterocycles. The number of aromatic nitrogens is 2. The molecule has 1 aromatic carbocycles. The lowest BCUT2D eigenvalue weighted by Gasteiger charge is -2.27. The van der Waals surface area contributed by atoms with Crippen LogP contribution in [-0.2, 0) is 11.2 Å². The first-order chi connectivity index (χ1) is 11.7. The van der Waals surface area contributed by atoms with Gasteiger partial charge in [0.2, 0.25) is 11.0 Å². The highest BCUT2D eigenvalue weighted by molar-refractivity contribution is 7.15.